The van der Waals surface area contributed by atoms with Crippen molar-refractivity contribution in [3.8, 4) is 46.0 Å². The number of carbonyl (C=O) groups is 6. The highest BCUT2D eigenvalue weighted by Gasteiger charge is 2.46. The van der Waals surface area contributed by atoms with Gasteiger partial charge in [-0.15, -0.1) is 0 Å². The smallest absolute Gasteiger partial charge is 0.262 e. The summed E-state index contributed by atoms with van der Waals surface area (Å²) < 4.78 is 50.7. The minimum atomic E-state index is -1.27. The molecule has 2 N–H and O–H groups in total. The molecule has 13 rings (SSSR count). The van der Waals surface area contributed by atoms with Gasteiger partial charge in [-0.25, -0.2) is 0 Å². The Morgan fingerprint density at radius 2 is 0.685 bits per heavy atom. The van der Waals surface area contributed by atoms with E-state index < -0.39 is 47.5 Å². The third kappa shape index (κ3) is 12.2. The molecule has 4 atom stereocenters. The zero-order valence-electron chi connectivity index (χ0n) is 52.7. The summed E-state index contributed by atoms with van der Waals surface area (Å²) in [5.41, 5.74) is 4.00. The molecule has 4 heterocycles. The summed E-state index contributed by atoms with van der Waals surface area (Å²) in [6.07, 6.45) is 0.282. The molecule has 0 saturated carbocycles. The predicted octanol–water partition coefficient (Wildman–Crippen LogP) is 13.2. The van der Waals surface area contributed by atoms with Gasteiger partial charge in [-0.2, -0.15) is 0 Å². The predicted molar refractivity (Wildman–Crippen MR) is 347 cm³/mol. The number of hydrogen-bond donors (Lipinski definition) is 2. The van der Waals surface area contributed by atoms with Crippen LogP contribution in [0.15, 0.2) is 121 Å². The summed E-state index contributed by atoms with van der Waals surface area (Å²) in [4.78, 5) is 95.6. The van der Waals surface area contributed by atoms with Crippen LogP contribution in [0.2, 0.25) is 0 Å². The number of hydrogen-bond acceptors (Lipinski definition) is 14. The summed E-state index contributed by atoms with van der Waals surface area (Å²) in [6, 6.07) is 33.4. The van der Waals surface area contributed by atoms with Crippen molar-refractivity contribution in [1.29, 1.82) is 0 Å². The highest BCUT2D eigenvalue weighted by atomic mass is 16.6. The Kier molecular flexibility index (Phi) is 16.9. The van der Waals surface area contributed by atoms with Crippen molar-refractivity contribution in [2.24, 2.45) is 11.8 Å². The van der Waals surface area contributed by atoms with Crippen molar-refractivity contribution in [2.75, 3.05) is 52.7 Å². The van der Waals surface area contributed by atoms with Crippen molar-refractivity contribution in [2.45, 2.75) is 92.5 Å². The van der Waals surface area contributed by atoms with Gasteiger partial charge in [0.05, 0.1) is 61.9 Å². The highest BCUT2D eigenvalue weighted by Crippen LogP contribution is 2.58. The van der Waals surface area contributed by atoms with Gasteiger partial charge in [0, 0.05) is 56.2 Å². The number of fused-ring (bicyclic) bond motifs is 2. The number of imide groups is 2. The van der Waals surface area contributed by atoms with Gasteiger partial charge in [0.25, 0.3) is 23.6 Å². The van der Waals surface area contributed by atoms with Crippen LogP contribution in [0, 0.1) is 39.5 Å². The van der Waals surface area contributed by atoms with Crippen molar-refractivity contribution in [3.05, 3.63) is 166 Å². The first kappa shape index (κ1) is 61.4. The second kappa shape index (κ2) is 25.3. The third-order valence-corrected chi connectivity index (χ3v) is 17.1. The molecule has 0 bridgehead atoms. The topological polar surface area (TPSA) is 213 Å². The van der Waals surface area contributed by atoms with Crippen LogP contribution in [0.3, 0.4) is 0 Å². The van der Waals surface area contributed by atoms with E-state index in [2.05, 4.69) is 10.6 Å². The molecule has 18 heteroatoms. The number of rotatable bonds is 26. The number of aryl methyl sites for hydroxylation is 4. The molecule has 6 amide bonds. The normalized spacial score (nSPS) is 16.5. The van der Waals surface area contributed by atoms with Gasteiger partial charge in [-0.1, -0.05) is 98.5 Å². The minimum absolute atomic E-state index is 0.0193. The highest BCUT2D eigenvalue weighted by molar-refractivity contribution is 6.45. The second-order valence-corrected chi connectivity index (χ2v) is 25.2. The van der Waals surface area contributed by atoms with Crippen molar-refractivity contribution in [1.82, 2.24) is 20.4 Å². The van der Waals surface area contributed by atoms with E-state index in [1.165, 1.54) is 0 Å². The number of carbonyl (C=O) groups excluding carboxylic acids is 6. The zero-order chi connectivity index (χ0) is 64.2. The van der Waals surface area contributed by atoms with E-state index in [0.717, 1.165) is 32.1 Å². The number of epoxide rings is 2. The standard InChI is InChI=1S/C74H72N4O14/c1-39(2)29-55(69(79)75-25-27-85-35-49-37-87-49)77-71(81)51-31-57(89-45-17-9-41(5)10-18-45)63-65-59(91-47-21-13-43(7)14-22-47)33-53-62-54(74(84)78(73(53)83)56(30-40(3)4)70(80)76-26-28-86-36-50-38-88-50)34-60(92-48-23-15-44(8)16-24-48)66(68(62)65)64-58(90-46-19-11-42(6)12-20-46)32-52(72(77)82)61(51)67(63)64/h9-24,31-34,39-40,49-50,55-56H,25-30,35-38H2,1-8H3,(H,75,79)(H,76,80). The number of nitrogens with one attached hydrogen (secondary N) is 2. The molecule has 2 saturated heterocycles. The molecule has 9 aromatic carbocycles. The van der Waals surface area contributed by atoms with Crippen LogP contribution < -0.4 is 29.6 Å². The fourth-order valence-corrected chi connectivity index (χ4v) is 12.4. The molecule has 4 aliphatic rings. The summed E-state index contributed by atoms with van der Waals surface area (Å²) in [5.74, 6) is -2.36. The van der Waals surface area contributed by atoms with E-state index in [1.807, 2.05) is 104 Å². The Balaban J connectivity index is 1.13. The summed E-state index contributed by atoms with van der Waals surface area (Å²) in [6.45, 7) is 18.1. The molecule has 0 aliphatic carbocycles. The van der Waals surface area contributed by atoms with Crippen LogP contribution in [0.25, 0.3) is 43.1 Å². The number of nitrogens with zero attached hydrogens (tertiary/aromatic N) is 2. The third-order valence-electron chi connectivity index (χ3n) is 17.1. The minimum Gasteiger partial charge on any atom is -0.457 e. The summed E-state index contributed by atoms with van der Waals surface area (Å²) in [5, 5.41) is 8.28. The van der Waals surface area contributed by atoms with Crippen LogP contribution in [0.1, 0.15) is 104 Å². The lowest BCUT2D eigenvalue weighted by Gasteiger charge is -2.36. The van der Waals surface area contributed by atoms with E-state index in [-0.39, 0.29) is 119 Å². The lowest BCUT2D eigenvalue weighted by atomic mass is 9.80. The molecule has 0 spiro atoms. The lowest BCUT2D eigenvalue weighted by molar-refractivity contribution is -0.126. The largest absolute Gasteiger partial charge is 0.457 e. The molecule has 472 valence electrons. The average molecular weight is 1240 g/mol. The van der Waals surface area contributed by atoms with E-state index >= 15 is 19.2 Å². The Morgan fingerprint density at radius 3 is 0.924 bits per heavy atom. The van der Waals surface area contributed by atoms with E-state index in [0.29, 0.717) is 81.7 Å². The number of benzene rings is 9. The van der Waals surface area contributed by atoms with Crippen LogP contribution in [-0.4, -0.2) is 122 Å². The first-order valence-electron chi connectivity index (χ1n) is 31.4. The molecule has 4 unspecified atom stereocenters. The Morgan fingerprint density at radius 1 is 0.424 bits per heavy atom. The SMILES string of the molecule is Cc1ccc(Oc2cc3c4c(cc(Oc5ccc(C)cc5)c5c6c(Oc7ccc(C)cc7)cc7c8c(cc(Oc9ccc(C)cc9)c(c2c45)c86)C(=O)N(C(CC(C)C)C(=O)NCCOCC2CO2)C7=O)C(=O)N(C(CC(C)C)C(=O)NCCOCC2CO2)C3=O)cc1. The fourth-order valence-electron chi connectivity index (χ4n) is 12.4. The molecular weight excluding hydrogens is 1170 g/mol. The molecule has 4 aliphatic heterocycles. The van der Waals surface area contributed by atoms with Gasteiger partial charge in [-0.3, -0.25) is 38.6 Å². The first-order chi connectivity index (χ1) is 44.4. The Bertz CT molecular complexity index is 3880. The van der Waals surface area contributed by atoms with Gasteiger partial charge in [-0.05, 0) is 125 Å². The summed E-state index contributed by atoms with van der Waals surface area (Å²) in [7, 11) is 0. The molecule has 2 fully saturated rings. The second-order valence-electron chi connectivity index (χ2n) is 25.2. The Hall–Kier alpha value is -9.46. The Labute approximate surface area is 532 Å². The van der Waals surface area contributed by atoms with Gasteiger partial charge in [0.15, 0.2) is 0 Å². The molecule has 0 radical (unpaired) electrons. The van der Waals surface area contributed by atoms with E-state index in [4.69, 9.17) is 37.9 Å². The van der Waals surface area contributed by atoms with E-state index in [1.54, 1.807) is 72.8 Å². The van der Waals surface area contributed by atoms with Gasteiger partial charge < -0.3 is 48.5 Å². The van der Waals surface area contributed by atoms with E-state index in [9.17, 15) is 9.59 Å². The van der Waals surface area contributed by atoms with Crippen molar-refractivity contribution >= 4 is 78.5 Å². The average Bonchev–Trinajstić information content (AvgIpc) is 1.57. The van der Waals surface area contributed by atoms with Gasteiger partial charge in [0.1, 0.15) is 70.3 Å². The van der Waals surface area contributed by atoms with Crippen LogP contribution in [-0.2, 0) is 28.5 Å². The maximum absolute atomic E-state index is 16.0. The van der Waals surface area contributed by atoms with Gasteiger partial charge >= 0.3 is 0 Å². The monoisotopic (exact) mass is 1240 g/mol. The lowest BCUT2D eigenvalue weighted by Crippen LogP contribution is -2.54. The quantitative estimate of drug-likeness (QED) is 0.0170. The van der Waals surface area contributed by atoms with Crippen LogP contribution in [0.4, 0.5) is 0 Å². The number of ether oxygens (including phenoxy) is 8. The molecule has 0 aromatic heterocycles. The fraction of sp³-hybridized carbons (Fsp3) is 0.324. The summed E-state index contributed by atoms with van der Waals surface area (Å²) >= 11 is 0. The maximum Gasteiger partial charge on any atom is 0.262 e. The first-order valence-corrected chi connectivity index (χ1v) is 31.4. The van der Waals surface area contributed by atoms with Crippen LogP contribution in [0.5, 0.6) is 46.0 Å². The van der Waals surface area contributed by atoms with Gasteiger partial charge in [0.2, 0.25) is 11.8 Å². The maximum atomic E-state index is 16.0. The molecular formula is C74H72N4O14. The molecule has 9 aromatic rings. The molecule has 18 nitrogen and oxygen atoms in total. The van der Waals surface area contributed by atoms with Crippen molar-refractivity contribution < 1.29 is 66.7 Å². The number of amides is 6. The van der Waals surface area contributed by atoms with Crippen LogP contribution >= 0.6 is 0 Å². The molecule has 92 heavy (non-hydrogen) atoms. The zero-order valence-corrected chi connectivity index (χ0v) is 52.7. The van der Waals surface area contributed by atoms with Crippen molar-refractivity contribution in [3.63, 3.8) is 0 Å².